The highest BCUT2D eigenvalue weighted by Crippen LogP contribution is 2.27. The van der Waals surface area contributed by atoms with E-state index in [-0.39, 0.29) is 10.8 Å². The zero-order valence-corrected chi connectivity index (χ0v) is 17.2. The van der Waals surface area contributed by atoms with Crippen molar-refractivity contribution in [2.75, 3.05) is 5.32 Å². The highest BCUT2D eigenvalue weighted by molar-refractivity contribution is 8.00. The summed E-state index contributed by atoms with van der Waals surface area (Å²) in [5.41, 5.74) is 0.751. The molecule has 11 heteroatoms. The van der Waals surface area contributed by atoms with Gasteiger partial charge in [0.25, 0.3) is 0 Å². The monoisotopic (exact) mass is 435 g/mol. The van der Waals surface area contributed by atoms with Gasteiger partial charge in [-0.1, -0.05) is 23.9 Å². The molecule has 1 unspecified atom stereocenters. The van der Waals surface area contributed by atoms with Crippen LogP contribution in [0, 0.1) is 5.82 Å². The van der Waals surface area contributed by atoms with Crippen molar-refractivity contribution in [1.82, 2.24) is 14.8 Å². The molecule has 0 aliphatic rings. The first-order chi connectivity index (χ1) is 13.7. The molecule has 1 atom stereocenters. The molecule has 1 aromatic heterocycles. The Bertz CT molecular complexity index is 1150. The van der Waals surface area contributed by atoms with Crippen LogP contribution in [-0.2, 0) is 21.9 Å². The molecule has 0 aliphatic carbocycles. The fourth-order valence-corrected chi connectivity index (χ4v) is 3.81. The molecule has 0 fully saturated rings. The average Bonchev–Trinajstić information content (AvgIpc) is 3.02. The third-order valence-electron chi connectivity index (χ3n) is 4.05. The number of sulfonamides is 1. The van der Waals surface area contributed by atoms with Gasteiger partial charge in [-0.25, -0.2) is 17.9 Å². The van der Waals surface area contributed by atoms with Crippen LogP contribution in [0.25, 0.3) is 11.4 Å². The van der Waals surface area contributed by atoms with Crippen molar-refractivity contribution in [2.24, 2.45) is 12.2 Å². The van der Waals surface area contributed by atoms with Gasteiger partial charge in [-0.3, -0.25) is 4.79 Å². The molecule has 0 saturated carbocycles. The maximum Gasteiger partial charge on any atom is 0.238 e. The van der Waals surface area contributed by atoms with Crippen molar-refractivity contribution in [2.45, 2.75) is 22.2 Å². The molecule has 1 heterocycles. The fraction of sp³-hybridized carbons (Fsp3) is 0.167. The first-order valence-corrected chi connectivity index (χ1v) is 10.8. The highest BCUT2D eigenvalue weighted by atomic mass is 32.2. The fourth-order valence-electron chi connectivity index (χ4n) is 2.48. The zero-order chi connectivity index (χ0) is 21.2. The van der Waals surface area contributed by atoms with Gasteiger partial charge >= 0.3 is 0 Å². The normalized spacial score (nSPS) is 12.6. The second kappa shape index (κ2) is 8.31. The predicted molar refractivity (Wildman–Crippen MR) is 108 cm³/mol. The van der Waals surface area contributed by atoms with E-state index in [2.05, 4.69) is 15.5 Å². The number of carbonyl (C=O) groups excluding carboxylic acids is 1. The SMILES string of the molecule is CC(Sc1nnc(-c2ccccc2F)n1C)C(=O)Nc1ccc(S(N)(=O)=O)cc1. The van der Waals surface area contributed by atoms with Gasteiger partial charge in [-0.2, -0.15) is 0 Å². The summed E-state index contributed by atoms with van der Waals surface area (Å²) in [5, 5.41) is 15.7. The van der Waals surface area contributed by atoms with Crippen LogP contribution in [-0.4, -0.2) is 34.3 Å². The Labute approximate surface area is 171 Å². The van der Waals surface area contributed by atoms with Gasteiger partial charge < -0.3 is 9.88 Å². The molecule has 0 aliphatic heterocycles. The topological polar surface area (TPSA) is 120 Å². The summed E-state index contributed by atoms with van der Waals surface area (Å²) in [7, 11) is -2.10. The van der Waals surface area contributed by atoms with E-state index in [1.807, 2.05) is 0 Å². The molecule has 2 aromatic carbocycles. The van der Waals surface area contributed by atoms with E-state index >= 15 is 0 Å². The molecular formula is C18H18FN5O3S2. The molecule has 29 heavy (non-hydrogen) atoms. The smallest absolute Gasteiger partial charge is 0.238 e. The lowest BCUT2D eigenvalue weighted by molar-refractivity contribution is -0.115. The van der Waals surface area contributed by atoms with Gasteiger partial charge in [-0.05, 0) is 43.3 Å². The molecule has 8 nitrogen and oxygen atoms in total. The number of rotatable bonds is 6. The van der Waals surface area contributed by atoms with Gasteiger partial charge in [0.05, 0.1) is 15.7 Å². The van der Waals surface area contributed by atoms with Crippen molar-refractivity contribution in [1.29, 1.82) is 0 Å². The summed E-state index contributed by atoms with van der Waals surface area (Å²) in [6.07, 6.45) is 0. The number of nitrogens with zero attached hydrogens (tertiary/aromatic N) is 3. The summed E-state index contributed by atoms with van der Waals surface area (Å²) >= 11 is 1.17. The van der Waals surface area contributed by atoms with Gasteiger partial charge in [0.2, 0.25) is 15.9 Å². The summed E-state index contributed by atoms with van der Waals surface area (Å²) in [6, 6.07) is 11.8. The number of aromatic nitrogens is 3. The van der Waals surface area contributed by atoms with E-state index in [0.29, 0.717) is 22.2 Å². The minimum Gasteiger partial charge on any atom is -0.325 e. The van der Waals surface area contributed by atoms with Crippen molar-refractivity contribution in [3.63, 3.8) is 0 Å². The summed E-state index contributed by atoms with van der Waals surface area (Å²) in [5.74, 6) is -0.362. The molecule has 152 valence electrons. The molecule has 1 amide bonds. The van der Waals surface area contributed by atoms with Gasteiger partial charge in [0.15, 0.2) is 11.0 Å². The number of halogens is 1. The highest BCUT2D eigenvalue weighted by Gasteiger charge is 2.20. The van der Waals surface area contributed by atoms with E-state index in [4.69, 9.17) is 5.14 Å². The number of primary sulfonamides is 1. The minimum atomic E-state index is -3.80. The number of thioether (sulfide) groups is 1. The van der Waals surface area contributed by atoms with Crippen molar-refractivity contribution in [3.8, 4) is 11.4 Å². The van der Waals surface area contributed by atoms with Crippen LogP contribution in [0.15, 0.2) is 58.6 Å². The molecule has 3 rings (SSSR count). The maximum absolute atomic E-state index is 14.0. The van der Waals surface area contributed by atoms with E-state index < -0.39 is 21.1 Å². The van der Waals surface area contributed by atoms with Gasteiger partial charge in [-0.15, -0.1) is 10.2 Å². The minimum absolute atomic E-state index is 0.0438. The summed E-state index contributed by atoms with van der Waals surface area (Å²) in [4.78, 5) is 12.4. The first-order valence-electron chi connectivity index (χ1n) is 8.41. The van der Waals surface area contributed by atoms with E-state index in [1.54, 1.807) is 36.7 Å². The second-order valence-electron chi connectivity index (χ2n) is 6.16. The summed E-state index contributed by atoms with van der Waals surface area (Å²) in [6.45, 7) is 1.69. The van der Waals surface area contributed by atoms with E-state index in [0.717, 1.165) is 0 Å². The van der Waals surface area contributed by atoms with Gasteiger partial charge in [0.1, 0.15) is 5.82 Å². The number of anilines is 1. The third kappa shape index (κ3) is 4.81. The number of hydrogen-bond donors (Lipinski definition) is 2. The number of amides is 1. The van der Waals surface area contributed by atoms with Crippen molar-refractivity contribution in [3.05, 3.63) is 54.3 Å². The van der Waals surface area contributed by atoms with Crippen LogP contribution in [0.1, 0.15) is 6.92 Å². The van der Waals surface area contributed by atoms with Gasteiger partial charge in [0, 0.05) is 12.7 Å². The Morgan fingerprint density at radius 1 is 1.17 bits per heavy atom. The molecule has 0 saturated heterocycles. The van der Waals surface area contributed by atoms with Crippen LogP contribution < -0.4 is 10.5 Å². The van der Waals surface area contributed by atoms with Crippen LogP contribution >= 0.6 is 11.8 Å². The van der Waals surface area contributed by atoms with E-state index in [1.165, 1.54) is 42.1 Å². The Kier molecular flexibility index (Phi) is 6.01. The number of hydrogen-bond acceptors (Lipinski definition) is 6. The van der Waals surface area contributed by atoms with Crippen LogP contribution in [0.4, 0.5) is 10.1 Å². The Morgan fingerprint density at radius 2 is 1.83 bits per heavy atom. The van der Waals surface area contributed by atoms with Crippen LogP contribution in [0.2, 0.25) is 0 Å². The molecule has 3 N–H and O–H groups in total. The number of nitrogens with two attached hydrogens (primary N) is 1. The number of benzene rings is 2. The summed E-state index contributed by atoms with van der Waals surface area (Å²) < 4.78 is 38.2. The molecule has 0 radical (unpaired) electrons. The van der Waals surface area contributed by atoms with Crippen LogP contribution in [0.3, 0.4) is 0 Å². The second-order valence-corrected chi connectivity index (χ2v) is 9.03. The van der Waals surface area contributed by atoms with E-state index in [9.17, 15) is 17.6 Å². The lowest BCUT2D eigenvalue weighted by Gasteiger charge is -2.12. The third-order valence-corrected chi connectivity index (χ3v) is 6.11. The Morgan fingerprint density at radius 3 is 2.45 bits per heavy atom. The molecule has 0 spiro atoms. The predicted octanol–water partition coefficient (Wildman–Crippen LogP) is 2.39. The largest absolute Gasteiger partial charge is 0.325 e. The molecular weight excluding hydrogens is 417 g/mol. The number of carbonyl (C=O) groups is 1. The Balaban J connectivity index is 1.70. The lowest BCUT2D eigenvalue weighted by Crippen LogP contribution is -2.23. The average molecular weight is 436 g/mol. The zero-order valence-electron chi connectivity index (χ0n) is 15.5. The van der Waals surface area contributed by atoms with Crippen molar-refractivity contribution < 1.29 is 17.6 Å². The first kappa shape index (κ1) is 21.0. The molecule has 0 bridgehead atoms. The number of nitrogens with one attached hydrogen (secondary N) is 1. The molecule has 3 aromatic rings. The maximum atomic E-state index is 14.0. The standard InChI is InChI=1S/C18H18FN5O3S2/c1-11(17(25)21-12-7-9-13(10-8-12)29(20,26)27)28-18-23-22-16(24(18)2)14-5-3-4-6-15(14)19/h3-11H,1-2H3,(H,21,25)(H2,20,26,27). The van der Waals surface area contributed by atoms with Crippen LogP contribution in [0.5, 0.6) is 0 Å². The quantitative estimate of drug-likeness (QED) is 0.574. The van der Waals surface area contributed by atoms with Crippen molar-refractivity contribution >= 4 is 33.4 Å². The Hall–Kier alpha value is -2.76. The lowest BCUT2D eigenvalue weighted by atomic mass is 10.2.